The molecule has 2 aromatic heterocycles. The molecule has 1 atom stereocenters. The average molecular weight is 337 g/mol. The zero-order valence-electron chi connectivity index (χ0n) is 13.8. The number of ether oxygens (including phenoxy) is 1. The van der Waals surface area contributed by atoms with E-state index in [2.05, 4.69) is 10.1 Å². The van der Waals surface area contributed by atoms with E-state index < -0.39 is 0 Å². The quantitative estimate of drug-likeness (QED) is 0.716. The lowest BCUT2D eigenvalue weighted by molar-refractivity contribution is -0.130. The van der Waals surface area contributed by atoms with Crippen molar-refractivity contribution in [3.05, 3.63) is 60.0 Å². The van der Waals surface area contributed by atoms with Gasteiger partial charge in [-0.2, -0.15) is 0 Å². The molecule has 1 fully saturated rings. The number of nitrogens with zero attached hydrogens (tertiary/aromatic N) is 3. The van der Waals surface area contributed by atoms with Crippen LogP contribution in [0.2, 0.25) is 0 Å². The molecule has 3 heterocycles. The molecule has 0 spiro atoms. The van der Waals surface area contributed by atoms with Crippen LogP contribution in [0.3, 0.4) is 0 Å². The number of para-hydroxylation sites is 1. The number of likely N-dealkylation sites (tertiary alicyclic amines) is 1. The summed E-state index contributed by atoms with van der Waals surface area (Å²) in [6, 6.07) is 11.5. The maximum Gasteiger partial charge on any atom is 0.228 e. The van der Waals surface area contributed by atoms with Crippen molar-refractivity contribution in [2.75, 3.05) is 13.1 Å². The minimum atomic E-state index is 0.0639. The molecule has 0 radical (unpaired) electrons. The molecule has 1 unspecified atom stereocenters. The van der Waals surface area contributed by atoms with Gasteiger partial charge in [0.1, 0.15) is 5.69 Å². The number of carbonyl (C=O) groups is 1. The number of carbonyl (C=O) groups excluding carboxylic acids is 1. The Bertz CT molecular complexity index is 862. The number of fused-ring (bicyclic) bond motifs is 1. The predicted molar refractivity (Wildman–Crippen MR) is 91.7 cm³/mol. The Balaban J connectivity index is 1.33. The third kappa shape index (κ3) is 3.53. The van der Waals surface area contributed by atoms with Crippen molar-refractivity contribution in [1.29, 1.82) is 0 Å². The average Bonchev–Trinajstić information content (AvgIpc) is 3.29. The van der Waals surface area contributed by atoms with Gasteiger partial charge in [-0.15, -0.1) is 0 Å². The Kier molecular flexibility index (Phi) is 4.43. The van der Waals surface area contributed by atoms with Gasteiger partial charge >= 0.3 is 0 Å². The van der Waals surface area contributed by atoms with Gasteiger partial charge in [0, 0.05) is 30.9 Å². The predicted octanol–water partition coefficient (Wildman–Crippen LogP) is 2.58. The molecular formula is C19H19N3O3. The van der Waals surface area contributed by atoms with Gasteiger partial charge in [0.05, 0.1) is 19.1 Å². The van der Waals surface area contributed by atoms with Crippen LogP contribution in [0.25, 0.3) is 11.0 Å². The summed E-state index contributed by atoms with van der Waals surface area (Å²) in [6.07, 6.45) is 4.70. The van der Waals surface area contributed by atoms with Crippen LogP contribution in [-0.4, -0.2) is 40.1 Å². The summed E-state index contributed by atoms with van der Waals surface area (Å²) in [5, 5.41) is 4.95. The van der Waals surface area contributed by atoms with Crippen LogP contribution in [0.15, 0.2) is 53.3 Å². The number of amides is 1. The summed E-state index contributed by atoms with van der Waals surface area (Å²) in [5.41, 5.74) is 2.50. The number of aromatic nitrogens is 2. The fourth-order valence-corrected chi connectivity index (χ4v) is 3.10. The SMILES string of the molecule is O=C(Cc1noc2ccccc12)N1CCC(OCc2ccncc2)C1. The number of rotatable bonds is 5. The van der Waals surface area contributed by atoms with Crippen molar-refractivity contribution in [3.8, 4) is 0 Å². The van der Waals surface area contributed by atoms with Gasteiger partial charge in [0.25, 0.3) is 0 Å². The maximum absolute atomic E-state index is 12.6. The smallest absolute Gasteiger partial charge is 0.228 e. The number of hydrogen-bond donors (Lipinski definition) is 0. The molecule has 128 valence electrons. The first-order valence-electron chi connectivity index (χ1n) is 8.41. The molecule has 3 aromatic rings. The molecule has 6 nitrogen and oxygen atoms in total. The van der Waals surface area contributed by atoms with Crippen molar-refractivity contribution in [2.45, 2.75) is 25.6 Å². The number of benzene rings is 1. The molecular weight excluding hydrogens is 318 g/mol. The van der Waals surface area contributed by atoms with Crippen LogP contribution >= 0.6 is 0 Å². The Morgan fingerprint density at radius 3 is 2.96 bits per heavy atom. The topological polar surface area (TPSA) is 68.5 Å². The Morgan fingerprint density at radius 1 is 1.24 bits per heavy atom. The molecule has 0 aliphatic carbocycles. The van der Waals surface area contributed by atoms with Crippen molar-refractivity contribution in [2.24, 2.45) is 0 Å². The summed E-state index contributed by atoms with van der Waals surface area (Å²) in [5.74, 6) is 0.0639. The fraction of sp³-hybridized carbons (Fsp3) is 0.316. The lowest BCUT2D eigenvalue weighted by atomic mass is 10.1. The highest BCUT2D eigenvalue weighted by atomic mass is 16.5. The van der Waals surface area contributed by atoms with Gasteiger partial charge in [-0.05, 0) is 36.2 Å². The molecule has 0 N–H and O–H groups in total. The van der Waals surface area contributed by atoms with E-state index in [0.717, 1.165) is 23.9 Å². The zero-order valence-corrected chi connectivity index (χ0v) is 13.8. The maximum atomic E-state index is 12.6. The molecule has 1 aromatic carbocycles. The summed E-state index contributed by atoms with van der Waals surface area (Å²) >= 11 is 0. The fourth-order valence-electron chi connectivity index (χ4n) is 3.10. The van der Waals surface area contributed by atoms with Crippen molar-refractivity contribution >= 4 is 16.9 Å². The summed E-state index contributed by atoms with van der Waals surface area (Å²) in [6.45, 7) is 1.89. The molecule has 6 heteroatoms. The lowest BCUT2D eigenvalue weighted by Crippen LogP contribution is -2.31. The first-order valence-corrected chi connectivity index (χ1v) is 8.41. The van der Waals surface area contributed by atoms with Gasteiger partial charge in [0.15, 0.2) is 5.58 Å². The highest BCUT2D eigenvalue weighted by Gasteiger charge is 2.27. The van der Waals surface area contributed by atoms with E-state index in [1.165, 1.54) is 0 Å². The van der Waals surface area contributed by atoms with Crippen LogP contribution < -0.4 is 0 Å². The van der Waals surface area contributed by atoms with Crippen molar-refractivity contribution < 1.29 is 14.1 Å². The molecule has 0 bridgehead atoms. The summed E-state index contributed by atoms with van der Waals surface area (Å²) in [4.78, 5) is 18.4. The van der Waals surface area contributed by atoms with E-state index in [-0.39, 0.29) is 18.4 Å². The monoisotopic (exact) mass is 337 g/mol. The van der Waals surface area contributed by atoms with E-state index in [0.29, 0.717) is 24.4 Å². The summed E-state index contributed by atoms with van der Waals surface area (Å²) in [7, 11) is 0. The van der Waals surface area contributed by atoms with E-state index >= 15 is 0 Å². The van der Waals surface area contributed by atoms with Crippen LogP contribution in [0.5, 0.6) is 0 Å². The normalized spacial score (nSPS) is 17.3. The minimum Gasteiger partial charge on any atom is -0.372 e. The van der Waals surface area contributed by atoms with E-state index in [4.69, 9.17) is 9.26 Å². The highest BCUT2D eigenvalue weighted by Crippen LogP contribution is 2.20. The van der Waals surface area contributed by atoms with Gasteiger partial charge in [-0.3, -0.25) is 9.78 Å². The standard InChI is InChI=1S/C19H19N3O3/c23-19(11-17-16-3-1-2-4-18(16)25-21-17)22-10-7-15(12-22)24-13-14-5-8-20-9-6-14/h1-6,8-9,15H,7,10-13H2. The zero-order chi connectivity index (χ0) is 17.1. The third-order valence-corrected chi connectivity index (χ3v) is 4.50. The van der Waals surface area contributed by atoms with Gasteiger partial charge in [-0.1, -0.05) is 17.3 Å². The van der Waals surface area contributed by atoms with Crippen molar-refractivity contribution in [3.63, 3.8) is 0 Å². The second-order valence-electron chi connectivity index (χ2n) is 6.22. The van der Waals surface area contributed by atoms with Crippen LogP contribution in [-0.2, 0) is 22.6 Å². The van der Waals surface area contributed by atoms with E-state index in [1.807, 2.05) is 41.3 Å². The lowest BCUT2D eigenvalue weighted by Gasteiger charge is -2.16. The van der Waals surface area contributed by atoms with Gasteiger partial charge in [0.2, 0.25) is 5.91 Å². The van der Waals surface area contributed by atoms with Crippen molar-refractivity contribution in [1.82, 2.24) is 15.0 Å². The van der Waals surface area contributed by atoms with E-state index in [1.54, 1.807) is 12.4 Å². The Labute approximate surface area is 145 Å². The second-order valence-corrected chi connectivity index (χ2v) is 6.22. The van der Waals surface area contributed by atoms with Crippen LogP contribution in [0.4, 0.5) is 0 Å². The Morgan fingerprint density at radius 2 is 2.08 bits per heavy atom. The van der Waals surface area contributed by atoms with Gasteiger partial charge < -0.3 is 14.2 Å². The van der Waals surface area contributed by atoms with Crippen LogP contribution in [0.1, 0.15) is 17.7 Å². The molecule has 1 amide bonds. The summed E-state index contributed by atoms with van der Waals surface area (Å²) < 4.78 is 11.2. The van der Waals surface area contributed by atoms with Crippen LogP contribution in [0, 0.1) is 0 Å². The largest absolute Gasteiger partial charge is 0.372 e. The first-order chi connectivity index (χ1) is 12.3. The molecule has 1 saturated heterocycles. The van der Waals surface area contributed by atoms with E-state index in [9.17, 15) is 4.79 Å². The first kappa shape index (κ1) is 15.8. The molecule has 0 saturated carbocycles. The molecule has 4 rings (SSSR count). The molecule has 25 heavy (non-hydrogen) atoms. The third-order valence-electron chi connectivity index (χ3n) is 4.50. The Hall–Kier alpha value is -2.73. The molecule has 1 aliphatic rings. The number of pyridine rings is 1. The number of hydrogen-bond acceptors (Lipinski definition) is 5. The van der Waals surface area contributed by atoms with Gasteiger partial charge in [-0.25, -0.2) is 0 Å². The minimum absolute atomic E-state index is 0.0639. The highest BCUT2D eigenvalue weighted by molar-refractivity contribution is 5.86. The second kappa shape index (κ2) is 7.03. The molecule has 1 aliphatic heterocycles.